The Balaban J connectivity index is 1.60. The molecule has 0 bridgehead atoms. The summed E-state index contributed by atoms with van der Waals surface area (Å²) in [6.07, 6.45) is 8.94. The first-order valence-corrected chi connectivity index (χ1v) is 8.95. The molecule has 0 N–H and O–H groups in total. The van der Waals surface area contributed by atoms with Gasteiger partial charge in [-0.25, -0.2) is 14.6 Å². The Morgan fingerprint density at radius 3 is 2.89 bits per heavy atom. The summed E-state index contributed by atoms with van der Waals surface area (Å²) in [5, 5.41) is 4.50. The summed E-state index contributed by atoms with van der Waals surface area (Å²) in [5.41, 5.74) is -0.117. The molecule has 0 spiro atoms. The van der Waals surface area contributed by atoms with Gasteiger partial charge in [0.05, 0.1) is 12.6 Å². The normalized spacial score (nSPS) is 16.7. The van der Waals surface area contributed by atoms with Crippen LogP contribution in [0.1, 0.15) is 12.8 Å². The highest BCUT2D eigenvalue weighted by Gasteiger charge is 2.28. The maximum absolute atomic E-state index is 12.3. The van der Waals surface area contributed by atoms with Crippen LogP contribution < -0.4 is 15.4 Å². The van der Waals surface area contributed by atoms with Crippen LogP contribution in [0, 0.1) is 0 Å². The zero-order valence-corrected chi connectivity index (χ0v) is 15.4. The van der Waals surface area contributed by atoms with Crippen molar-refractivity contribution in [3.05, 3.63) is 53.5 Å². The molecule has 0 aromatic carbocycles. The second kappa shape index (κ2) is 7.18. The number of imidazole rings is 1. The molecular weight excluding hydrogens is 344 g/mol. The first-order valence-electron chi connectivity index (χ1n) is 8.95. The topological polar surface area (TPSA) is 85.0 Å². The van der Waals surface area contributed by atoms with Crippen molar-refractivity contribution in [2.75, 3.05) is 30.4 Å². The van der Waals surface area contributed by atoms with E-state index in [2.05, 4.69) is 25.0 Å². The minimum atomic E-state index is -0.117. The maximum atomic E-state index is 12.3. The van der Waals surface area contributed by atoms with Crippen LogP contribution in [0.15, 0.2) is 47.9 Å². The first-order chi connectivity index (χ1) is 13.1. The van der Waals surface area contributed by atoms with Crippen LogP contribution in [0.4, 0.5) is 11.8 Å². The van der Waals surface area contributed by atoms with Crippen LogP contribution in [0.3, 0.4) is 0 Å². The van der Waals surface area contributed by atoms with Gasteiger partial charge in [-0.1, -0.05) is 0 Å². The van der Waals surface area contributed by atoms with E-state index in [9.17, 15) is 4.79 Å². The molecule has 1 saturated heterocycles. The minimum absolute atomic E-state index is 0.117. The Labute approximate surface area is 156 Å². The minimum Gasteiger partial charge on any atom is -0.363 e. The first kappa shape index (κ1) is 17.2. The monoisotopic (exact) mass is 366 g/mol. The quantitative estimate of drug-likeness (QED) is 0.665. The van der Waals surface area contributed by atoms with Crippen LogP contribution in [0.5, 0.6) is 0 Å². The highest BCUT2D eigenvalue weighted by atomic mass is 16.1. The molecule has 4 rings (SSSR count). The van der Waals surface area contributed by atoms with Crippen LogP contribution in [0.2, 0.25) is 0 Å². The molecule has 27 heavy (non-hydrogen) atoms. The standard InChI is InChI=1S/C18H22N8O/c1-23(2)15-7-8-20-18(21-15)25-10-3-4-14(25)12-26-17(27)6-5-16(22-26)24-11-9-19-13-24/h5-9,11,13-14H,3-4,10,12H2,1-2H3. The van der Waals surface area contributed by atoms with Crippen molar-refractivity contribution in [1.29, 1.82) is 0 Å². The van der Waals surface area contributed by atoms with E-state index in [1.165, 1.54) is 4.68 Å². The maximum Gasteiger partial charge on any atom is 0.266 e. The highest BCUT2D eigenvalue weighted by Crippen LogP contribution is 2.24. The Kier molecular flexibility index (Phi) is 4.57. The lowest BCUT2D eigenvalue weighted by atomic mass is 10.2. The van der Waals surface area contributed by atoms with Gasteiger partial charge in [0.1, 0.15) is 12.1 Å². The second-order valence-electron chi connectivity index (χ2n) is 6.78. The molecule has 4 heterocycles. The van der Waals surface area contributed by atoms with E-state index in [4.69, 9.17) is 0 Å². The molecule has 0 saturated carbocycles. The third kappa shape index (κ3) is 3.53. The molecule has 1 aliphatic heterocycles. The van der Waals surface area contributed by atoms with Crippen molar-refractivity contribution < 1.29 is 0 Å². The molecular formula is C18H22N8O. The number of aromatic nitrogens is 6. The number of hydrogen-bond donors (Lipinski definition) is 0. The van der Waals surface area contributed by atoms with E-state index in [0.29, 0.717) is 18.3 Å². The smallest absolute Gasteiger partial charge is 0.266 e. The van der Waals surface area contributed by atoms with E-state index in [1.54, 1.807) is 41.6 Å². The van der Waals surface area contributed by atoms with Crippen LogP contribution in [-0.4, -0.2) is 56.0 Å². The summed E-state index contributed by atoms with van der Waals surface area (Å²) in [5.74, 6) is 2.23. The molecule has 3 aromatic rings. The predicted octanol–water partition coefficient (Wildman–Crippen LogP) is 0.954. The van der Waals surface area contributed by atoms with E-state index in [-0.39, 0.29) is 11.6 Å². The zero-order chi connectivity index (χ0) is 18.8. The fourth-order valence-corrected chi connectivity index (χ4v) is 3.32. The van der Waals surface area contributed by atoms with Gasteiger partial charge in [0.2, 0.25) is 5.95 Å². The van der Waals surface area contributed by atoms with Crippen molar-refractivity contribution in [2.24, 2.45) is 0 Å². The molecule has 1 aliphatic rings. The van der Waals surface area contributed by atoms with Gasteiger partial charge in [-0.15, -0.1) is 0 Å². The lowest BCUT2D eigenvalue weighted by Gasteiger charge is -2.25. The van der Waals surface area contributed by atoms with E-state index in [1.807, 2.05) is 25.1 Å². The zero-order valence-electron chi connectivity index (χ0n) is 15.4. The lowest BCUT2D eigenvalue weighted by molar-refractivity contribution is 0.482. The third-order valence-electron chi connectivity index (χ3n) is 4.73. The van der Waals surface area contributed by atoms with Gasteiger partial charge in [0.15, 0.2) is 5.82 Å². The fourth-order valence-electron chi connectivity index (χ4n) is 3.32. The molecule has 9 heteroatoms. The highest BCUT2D eigenvalue weighted by molar-refractivity contribution is 5.43. The number of hydrogen-bond acceptors (Lipinski definition) is 7. The van der Waals surface area contributed by atoms with Gasteiger partial charge in [-0.05, 0) is 25.0 Å². The second-order valence-corrected chi connectivity index (χ2v) is 6.78. The average Bonchev–Trinajstić information content (AvgIpc) is 3.35. The van der Waals surface area contributed by atoms with Gasteiger partial charge < -0.3 is 9.80 Å². The van der Waals surface area contributed by atoms with Gasteiger partial charge >= 0.3 is 0 Å². The van der Waals surface area contributed by atoms with E-state index < -0.39 is 0 Å². The summed E-state index contributed by atoms with van der Waals surface area (Å²) in [6.45, 7) is 1.37. The van der Waals surface area contributed by atoms with Crippen molar-refractivity contribution in [1.82, 2.24) is 29.3 Å². The van der Waals surface area contributed by atoms with Crippen LogP contribution in [0.25, 0.3) is 5.82 Å². The van der Waals surface area contributed by atoms with Crippen molar-refractivity contribution >= 4 is 11.8 Å². The predicted molar refractivity (Wildman–Crippen MR) is 102 cm³/mol. The molecule has 0 radical (unpaired) electrons. The summed E-state index contributed by atoms with van der Waals surface area (Å²) in [4.78, 5) is 29.6. The van der Waals surface area contributed by atoms with E-state index in [0.717, 1.165) is 25.2 Å². The molecule has 1 unspecified atom stereocenters. The summed E-state index contributed by atoms with van der Waals surface area (Å²) >= 11 is 0. The lowest BCUT2D eigenvalue weighted by Crippen LogP contribution is -2.38. The van der Waals surface area contributed by atoms with Crippen LogP contribution in [-0.2, 0) is 6.54 Å². The largest absolute Gasteiger partial charge is 0.363 e. The van der Waals surface area contributed by atoms with Crippen molar-refractivity contribution in [3.63, 3.8) is 0 Å². The number of rotatable bonds is 5. The van der Waals surface area contributed by atoms with E-state index >= 15 is 0 Å². The Bertz CT molecular complexity index is 965. The number of anilines is 2. The molecule has 1 fully saturated rings. The molecule has 0 amide bonds. The Morgan fingerprint density at radius 1 is 1.22 bits per heavy atom. The number of nitrogens with zero attached hydrogens (tertiary/aromatic N) is 8. The average molecular weight is 366 g/mol. The van der Waals surface area contributed by atoms with Crippen molar-refractivity contribution in [3.8, 4) is 5.82 Å². The molecule has 9 nitrogen and oxygen atoms in total. The van der Waals surface area contributed by atoms with Gasteiger partial charge in [0.25, 0.3) is 5.56 Å². The Hall–Kier alpha value is -3.23. The van der Waals surface area contributed by atoms with Gasteiger partial charge in [-0.3, -0.25) is 9.36 Å². The molecule has 3 aromatic heterocycles. The fraction of sp³-hybridized carbons (Fsp3) is 0.389. The SMILES string of the molecule is CN(C)c1ccnc(N2CCCC2Cn2nc(-n3ccnc3)ccc2=O)n1. The van der Waals surface area contributed by atoms with Crippen molar-refractivity contribution in [2.45, 2.75) is 25.4 Å². The van der Waals surface area contributed by atoms with Gasteiger partial charge in [-0.2, -0.15) is 10.1 Å². The third-order valence-corrected chi connectivity index (χ3v) is 4.73. The summed E-state index contributed by atoms with van der Waals surface area (Å²) in [6, 6.07) is 5.27. The van der Waals surface area contributed by atoms with Gasteiger partial charge in [0, 0.05) is 45.3 Å². The Morgan fingerprint density at radius 2 is 2.11 bits per heavy atom. The van der Waals surface area contributed by atoms with Crippen LogP contribution >= 0.6 is 0 Å². The summed E-state index contributed by atoms with van der Waals surface area (Å²) in [7, 11) is 3.91. The molecule has 140 valence electrons. The summed E-state index contributed by atoms with van der Waals surface area (Å²) < 4.78 is 3.31. The molecule has 0 aliphatic carbocycles. The molecule has 1 atom stereocenters.